The van der Waals surface area contributed by atoms with Gasteiger partial charge in [-0.15, -0.1) is 0 Å². The molecular weight excluding hydrogens is 525 g/mol. The molecule has 0 spiro atoms. The van der Waals surface area contributed by atoms with Crippen LogP contribution in [0, 0.1) is 5.41 Å². The molecule has 7 rings (SSSR count). The largest absolute Gasteiger partial charge is 0.335 e. The van der Waals surface area contributed by atoms with E-state index in [0.717, 1.165) is 25.9 Å². The molecule has 0 fully saturated rings. The molecule has 5 aromatic rings. The normalized spacial score (nSPS) is 18.8. The van der Waals surface area contributed by atoms with Gasteiger partial charge in [0.1, 0.15) is 11.2 Å². The van der Waals surface area contributed by atoms with E-state index in [-0.39, 0.29) is 5.41 Å². The van der Waals surface area contributed by atoms with Gasteiger partial charge in [-0.3, -0.25) is 0 Å². The fraction of sp³-hybridized carbons (Fsp3) is 0.250. The molecule has 0 N–H and O–H groups in total. The number of anilines is 1. The first-order valence-corrected chi connectivity index (χ1v) is 16.0. The number of benzene rings is 4. The van der Waals surface area contributed by atoms with E-state index in [1.54, 1.807) is 0 Å². The van der Waals surface area contributed by atoms with Gasteiger partial charge < -0.3 is 4.90 Å². The molecule has 1 aromatic heterocycles. The molecular formula is C36H35N2S2+. The Labute approximate surface area is 245 Å². The van der Waals surface area contributed by atoms with Crippen LogP contribution in [-0.4, -0.2) is 6.54 Å². The number of fused-ring (bicyclic) bond motifs is 6. The summed E-state index contributed by atoms with van der Waals surface area (Å²) < 4.78 is 3.87. The Morgan fingerprint density at radius 1 is 0.850 bits per heavy atom. The lowest BCUT2D eigenvalue weighted by atomic mass is 9.75. The molecule has 0 amide bonds. The number of hydrogen-bond donors (Lipinski definition) is 0. The molecule has 0 saturated heterocycles. The van der Waals surface area contributed by atoms with E-state index in [0.29, 0.717) is 0 Å². The van der Waals surface area contributed by atoms with Crippen molar-refractivity contribution in [1.29, 1.82) is 0 Å². The highest BCUT2D eigenvalue weighted by Gasteiger charge is 2.30. The Balaban J connectivity index is 1.31. The maximum absolute atomic E-state index is 2.49. The van der Waals surface area contributed by atoms with Crippen molar-refractivity contribution in [3.8, 4) is 0 Å². The molecule has 0 saturated carbocycles. The van der Waals surface area contributed by atoms with Crippen molar-refractivity contribution in [2.75, 3.05) is 11.4 Å². The van der Waals surface area contributed by atoms with Gasteiger partial charge in [0.15, 0.2) is 0 Å². The van der Waals surface area contributed by atoms with Crippen molar-refractivity contribution in [1.82, 2.24) is 0 Å². The minimum atomic E-state index is 0.216. The topological polar surface area (TPSA) is 7.12 Å². The maximum atomic E-state index is 2.49. The molecule has 2 aliphatic rings. The number of aromatic nitrogens is 1. The van der Waals surface area contributed by atoms with Crippen LogP contribution in [-0.2, 0) is 6.54 Å². The minimum Gasteiger partial charge on any atom is -0.335 e. The van der Waals surface area contributed by atoms with Crippen LogP contribution in [0.3, 0.4) is 0 Å². The lowest BCUT2D eigenvalue weighted by Gasteiger charge is -2.31. The number of rotatable bonds is 4. The first kappa shape index (κ1) is 25.6. The van der Waals surface area contributed by atoms with Crippen LogP contribution in [0.25, 0.3) is 37.8 Å². The maximum Gasteiger partial charge on any atom is 0.263 e. The third-order valence-electron chi connectivity index (χ3n) is 8.23. The molecule has 1 aliphatic carbocycles. The highest BCUT2D eigenvalue weighted by atomic mass is 32.2. The van der Waals surface area contributed by atoms with E-state index >= 15 is 0 Å². The molecule has 0 bridgehead atoms. The Morgan fingerprint density at radius 2 is 1.57 bits per heavy atom. The number of allylic oxidation sites excluding steroid dienone is 4. The molecule has 200 valence electrons. The average molecular weight is 560 g/mol. The van der Waals surface area contributed by atoms with E-state index in [1.807, 2.05) is 23.1 Å². The molecule has 2 nitrogen and oxygen atoms in total. The van der Waals surface area contributed by atoms with Crippen LogP contribution in [0.1, 0.15) is 45.5 Å². The van der Waals surface area contributed by atoms with E-state index in [9.17, 15) is 0 Å². The van der Waals surface area contributed by atoms with Crippen LogP contribution >= 0.6 is 23.1 Å². The van der Waals surface area contributed by atoms with Gasteiger partial charge >= 0.3 is 0 Å². The van der Waals surface area contributed by atoms with Crippen molar-refractivity contribution in [3.63, 3.8) is 0 Å². The van der Waals surface area contributed by atoms with Crippen molar-refractivity contribution in [3.05, 3.63) is 106 Å². The van der Waals surface area contributed by atoms with Crippen molar-refractivity contribution < 1.29 is 4.57 Å². The summed E-state index contributed by atoms with van der Waals surface area (Å²) in [6.45, 7) is 11.3. The smallest absolute Gasteiger partial charge is 0.263 e. The summed E-state index contributed by atoms with van der Waals surface area (Å²) in [6.07, 6.45) is 9.58. The SMILES string of the molecule is CCN1C(=CC2=CC(=Cc3sc4c5ccccc5ccc4[n+]3CC)CC(C)(C)C2)Sc2c1ccc1ccccc21. The molecule has 2 heterocycles. The molecule has 40 heavy (non-hydrogen) atoms. The number of hydrogen-bond acceptors (Lipinski definition) is 3. The number of thiazole rings is 1. The van der Waals surface area contributed by atoms with E-state index in [4.69, 9.17) is 0 Å². The second-order valence-corrected chi connectivity index (χ2v) is 13.8. The summed E-state index contributed by atoms with van der Waals surface area (Å²) in [7, 11) is 0. The summed E-state index contributed by atoms with van der Waals surface area (Å²) in [5.41, 5.74) is 5.74. The third kappa shape index (κ3) is 4.38. The van der Waals surface area contributed by atoms with E-state index in [1.165, 1.54) is 63.5 Å². The highest BCUT2D eigenvalue weighted by Crippen LogP contribution is 2.50. The quantitative estimate of drug-likeness (QED) is 0.202. The second kappa shape index (κ2) is 9.94. The van der Waals surface area contributed by atoms with Gasteiger partial charge in [0.05, 0.1) is 10.7 Å². The molecule has 0 unspecified atom stereocenters. The van der Waals surface area contributed by atoms with Crippen LogP contribution < -0.4 is 9.47 Å². The molecule has 0 atom stereocenters. The summed E-state index contributed by atoms with van der Waals surface area (Å²) in [5, 5.41) is 8.02. The van der Waals surface area contributed by atoms with Crippen molar-refractivity contribution >= 4 is 66.6 Å². The Bertz CT molecular complexity index is 1890. The zero-order valence-corrected chi connectivity index (χ0v) is 25.3. The number of nitrogens with zero attached hydrogens (tertiary/aromatic N) is 2. The first-order chi connectivity index (χ1) is 19.4. The minimum absolute atomic E-state index is 0.216. The van der Waals surface area contributed by atoms with Crippen LogP contribution in [0.2, 0.25) is 0 Å². The van der Waals surface area contributed by atoms with Crippen LogP contribution in [0.5, 0.6) is 0 Å². The molecule has 4 aromatic carbocycles. The summed E-state index contributed by atoms with van der Waals surface area (Å²) in [6, 6.07) is 26.7. The van der Waals surface area contributed by atoms with Gasteiger partial charge in [-0.25, -0.2) is 0 Å². The highest BCUT2D eigenvalue weighted by molar-refractivity contribution is 8.04. The predicted molar refractivity (Wildman–Crippen MR) is 175 cm³/mol. The van der Waals surface area contributed by atoms with E-state index < -0.39 is 0 Å². The molecule has 0 radical (unpaired) electrons. The summed E-state index contributed by atoms with van der Waals surface area (Å²) >= 11 is 3.86. The van der Waals surface area contributed by atoms with E-state index in [2.05, 4.69) is 128 Å². The van der Waals surface area contributed by atoms with Gasteiger partial charge in [-0.05, 0) is 77.6 Å². The fourth-order valence-corrected chi connectivity index (χ4v) is 9.21. The van der Waals surface area contributed by atoms with Crippen molar-refractivity contribution in [2.45, 2.75) is 52.0 Å². The van der Waals surface area contributed by atoms with Gasteiger partial charge in [-0.2, -0.15) is 4.57 Å². The van der Waals surface area contributed by atoms with Gasteiger partial charge in [-0.1, -0.05) is 97.6 Å². The average Bonchev–Trinajstić information content (AvgIpc) is 3.49. The zero-order valence-electron chi connectivity index (χ0n) is 23.7. The van der Waals surface area contributed by atoms with Gasteiger partial charge in [0, 0.05) is 29.0 Å². The lowest BCUT2D eigenvalue weighted by molar-refractivity contribution is -0.665. The summed E-state index contributed by atoms with van der Waals surface area (Å²) in [5.74, 6) is 0. The zero-order chi connectivity index (χ0) is 27.4. The predicted octanol–water partition coefficient (Wildman–Crippen LogP) is 10.1. The standard InChI is InChI=1S/C36H35N2S2/c1-5-37-30-17-15-26-11-7-9-13-28(26)34(30)39-32(37)20-24-19-25(23-36(3,4)22-24)21-33-38(6-2)31-18-16-27-12-8-10-14-29(27)35(31)40-33/h7-21H,5-6,22-23H2,1-4H3/q+1. The lowest BCUT2D eigenvalue weighted by Crippen LogP contribution is -2.33. The number of thioether (sulfide) groups is 1. The number of aryl methyl sites for hydroxylation is 1. The monoisotopic (exact) mass is 559 g/mol. The Hall–Kier alpha value is -3.34. The van der Waals surface area contributed by atoms with Crippen molar-refractivity contribution in [2.24, 2.45) is 5.41 Å². The van der Waals surface area contributed by atoms with Gasteiger partial charge in [0.25, 0.3) is 5.01 Å². The summed E-state index contributed by atoms with van der Waals surface area (Å²) in [4.78, 5) is 3.87. The molecule has 1 aliphatic heterocycles. The van der Waals surface area contributed by atoms with Crippen LogP contribution in [0.4, 0.5) is 5.69 Å². The first-order valence-electron chi connectivity index (χ1n) is 14.4. The van der Waals surface area contributed by atoms with Crippen LogP contribution in [0.15, 0.2) is 106 Å². The third-order valence-corrected chi connectivity index (χ3v) is 10.6. The Kier molecular flexibility index (Phi) is 6.36. The van der Waals surface area contributed by atoms with Gasteiger partial charge in [0.2, 0.25) is 5.52 Å². The fourth-order valence-electron chi connectivity index (χ4n) is 6.54. The Morgan fingerprint density at radius 3 is 2.35 bits per heavy atom. The second-order valence-electron chi connectivity index (χ2n) is 11.7. The molecule has 4 heteroatoms.